The van der Waals surface area contributed by atoms with Gasteiger partial charge in [0.25, 0.3) is 5.56 Å². The maximum absolute atomic E-state index is 13.6. The van der Waals surface area contributed by atoms with Crippen molar-refractivity contribution in [3.63, 3.8) is 0 Å². The van der Waals surface area contributed by atoms with Gasteiger partial charge in [0, 0.05) is 25.4 Å². The molecule has 0 fully saturated rings. The molecule has 4 rings (SSSR count). The Morgan fingerprint density at radius 3 is 2.83 bits per heavy atom. The molecule has 0 spiro atoms. The number of aromatic amines is 1. The molecule has 0 saturated heterocycles. The summed E-state index contributed by atoms with van der Waals surface area (Å²) in [6.07, 6.45) is 1.57. The number of benzene rings is 2. The minimum absolute atomic E-state index is 0.148. The van der Waals surface area contributed by atoms with Gasteiger partial charge in [-0.2, -0.15) is 0 Å². The van der Waals surface area contributed by atoms with E-state index in [2.05, 4.69) is 9.97 Å². The van der Waals surface area contributed by atoms with Crippen molar-refractivity contribution in [1.29, 1.82) is 0 Å². The van der Waals surface area contributed by atoms with Crippen molar-refractivity contribution < 1.29 is 19.0 Å². The molecule has 4 aromatic rings. The van der Waals surface area contributed by atoms with Crippen molar-refractivity contribution in [2.24, 2.45) is 0 Å². The molecule has 0 aliphatic heterocycles. The molecular formula is C22H18FN3O4. The molecule has 0 unspecified atom stereocenters. The van der Waals surface area contributed by atoms with Crippen LogP contribution in [0.2, 0.25) is 0 Å². The van der Waals surface area contributed by atoms with Gasteiger partial charge >= 0.3 is 0 Å². The molecule has 2 heterocycles. The predicted octanol–water partition coefficient (Wildman–Crippen LogP) is 3.11. The summed E-state index contributed by atoms with van der Waals surface area (Å²) in [6, 6.07) is 11.7. The number of carbonyl (C=O) groups is 1. The molecule has 0 atom stereocenters. The fourth-order valence-electron chi connectivity index (χ4n) is 3.26. The van der Waals surface area contributed by atoms with E-state index in [1.807, 2.05) is 0 Å². The summed E-state index contributed by atoms with van der Waals surface area (Å²) in [5.74, 6) is -1.20. The maximum Gasteiger partial charge on any atom is 0.259 e. The second-order valence-corrected chi connectivity index (χ2v) is 6.72. The number of carbonyl (C=O) groups excluding carboxylic acids is 1. The van der Waals surface area contributed by atoms with Gasteiger partial charge in [0.2, 0.25) is 0 Å². The minimum atomic E-state index is -0.629. The Hall–Kier alpha value is -3.78. The number of nitrogens with zero attached hydrogens (tertiary/aromatic N) is 2. The van der Waals surface area contributed by atoms with E-state index in [0.29, 0.717) is 29.7 Å². The second-order valence-electron chi connectivity index (χ2n) is 6.72. The molecule has 8 heteroatoms. The van der Waals surface area contributed by atoms with Crippen LogP contribution in [0.4, 0.5) is 4.39 Å². The molecule has 2 N–H and O–H groups in total. The number of methoxy groups -OCH3 is 1. The van der Waals surface area contributed by atoms with Crippen LogP contribution in [-0.4, -0.2) is 39.1 Å². The van der Waals surface area contributed by atoms with Gasteiger partial charge in [-0.05, 0) is 36.4 Å². The van der Waals surface area contributed by atoms with Crippen molar-refractivity contribution in [2.75, 3.05) is 13.7 Å². The fourth-order valence-corrected chi connectivity index (χ4v) is 3.26. The third-order valence-corrected chi connectivity index (χ3v) is 4.75. The van der Waals surface area contributed by atoms with Crippen LogP contribution in [0.1, 0.15) is 15.9 Å². The van der Waals surface area contributed by atoms with Crippen LogP contribution in [0.25, 0.3) is 22.4 Å². The number of aromatic hydroxyl groups is 1. The molecule has 152 valence electrons. The SMILES string of the molecule is COCCn1cc(C(=O)c2cc(F)ccc2O)cc1-c1nc2ccccc2c(=O)[nH]1. The average Bonchev–Trinajstić information content (AvgIpc) is 3.17. The van der Waals surface area contributed by atoms with Crippen LogP contribution >= 0.6 is 0 Å². The van der Waals surface area contributed by atoms with E-state index >= 15 is 0 Å². The van der Waals surface area contributed by atoms with Crippen LogP contribution in [0.5, 0.6) is 5.75 Å². The molecule has 7 nitrogen and oxygen atoms in total. The van der Waals surface area contributed by atoms with E-state index in [1.165, 1.54) is 0 Å². The molecular weight excluding hydrogens is 389 g/mol. The first-order valence-electron chi connectivity index (χ1n) is 9.19. The van der Waals surface area contributed by atoms with Crippen LogP contribution in [0, 0.1) is 5.82 Å². The van der Waals surface area contributed by atoms with Gasteiger partial charge < -0.3 is 19.4 Å². The Kier molecular flexibility index (Phi) is 5.16. The molecule has 0 aliphatic rings. The number of nitrogens with one attached hydrogen (secondary N) is 1. The first-order chi connectivity index (χ1) is 14.5. The van der Waals surface area contributed by atoms with Gasteiger partial charge in [-0.25, -0.2) is 9.37 Å². The summed E-state index contributed by atoms with van der Waals surface area (Å²) >= 11 is 0. The van der Waals surface area contributed by atoms with Crippen LogP contribution < -0.4 is 5.56 Å². The number of aromatic nitrogens is 3. The molecule has 0 radical (unpaired) electrons. The lowest BCUT2D eigenvalue weighted by Gasteiger charge is -2.08. The second kappa shape index (κ2) is 7.92. The third-order valence-electron chi connectivity index (χ3n) is 4.75. The Balaban J connectivity index is 1.84. The highest BCUT2D eigenvalue weighted by molar-refractivity contribution is 6.11. The van der Waals surface area contributed by atoms with Crippen LogP contribution in [0.15, 0.2) is 59.5 Å². The third kappa shape index (κ3) is 3.60. The van der Waals surface area contributed by atoms with E-state index in [9.17, 15) is 19.1 Å². The minimum Gasteiger partial charge on any atom is -0.507 e. The number of para-hydroxylation sites is 1. The topological polar surface area (TPSA) is 97.2 Å². The summed E-state index contributed by atoms with van der Waals surface area (Å²) in [5.41, 5.74) is 0.787. The van der Waals surface area contributed by atoms with Crippen LogP contribution in [-0.2, 0) is 11.3 Å². The summed E-state index contributed by atoms with van der Waals surface area (Å²) in [5, 5.41) is 10.4. The smallest absolute Gasteiger partial charge is 0.259 e. The number of phenols is 1. The highest BCUT2D eigenvalue weighted by Crippen LogP contribution is 2.26. The van der Waals surface area contributed by atoms with Gasteiger partial charge in [-0.15, -0.1) is 0 Å². The summed E-state index contributed by atoms with van der Waals surface area (Å²) in [7, 11) is 1.55. The van der Waals surface area contributed by atoms with Crippen molar-refractivity contribution in [1.82, 2.24) is 14.5 Å². The highest BCUT2D eigenvalue weighted by atomic mass is 19.1. The highest BCUT2D eigenvalue weighted by Gasteiger charge is 2.20. The number of phenolic OH excluding ortho intramolecular Hbond substituents is 1. The number of fused-ring (bicyclic) bond motifs is 1. The van der Waals surface area contributed by atoms with Crippen LogP contribution in [0.3, 0.4) is 0 Å². The van der Waals surface area contributed by atoms with Crippen molar-refractivity contribution >= 4 is 16.7 Å². The lowest BCUT2D eigenvalue weighted by atomic mass is 10.0. The standard InChI is InChI=1S/C22H18FN3O4/c1-30-9-8-26-12-13(20(28)16-11-14(23)6-7-19(16)27)10-18(26)21-24-17-5-3-2-4-15(17)22(29)25-21/h2-7,10-12,27H,8-9H2,1H3,(H,24,25,29). The monoisotopic (exact) mass is 407 g/mol. The molecule has 2 aromatic heterocycles. The molecule has 0 bridgehead atoms. The van der Waals surface area contributed by atoms with E-state index in [4.69, 9.17) is 4.74 Å². The maximum atomic E-state index is 13.6. The Labute approximate surface area is 170 Å². The van der Waals surface area contributed by atoms with Gasteiger partial charge in [-0.3, -0.25) is 9.59 Å². The van der Waals surface area contributed by atoms with Gasteiger partial charge in [0.1, 0.15) is 11.6 Å². The normalized spacial score (nSPS) is 11.1. The largest absolute Gasteiger partial charge is 0.507 e. The molecule has 30 heavy (non-hydrogen) atoms. The van der Waals surface area contributed by atoms with E-state index in [-0.39, 0.29) is 28.3 Å². The zero-order valence-corrected chi connectivity index (χ0v) is 16.1. The summed E-state index contributed by atoms with van der Waals surface area (Å²) in [6.45, 7) is 0.753. The summed E-state index contributed by atoms with van der Waals surface area (Å²) < 4.78 is 20.5. The fraction of sp³-hybridized carbons (Fsp3) is 0.136. The quantitative estimate of drug-likeness (QED) is 0.479. The predicted molar refractivity (Wildman–Crippen MR) is 109 cm³/mol. The van der Waals surface area contributed by atoms with Gasteiger partial charge in [0.05, 0.1) is 28.8 Å². The number of ketones is 1. The van der Waals surface area contributed by atoms with Crippen molar-refractivity contribution in [2.45, 2.75) is 6.54 Å². The number of ether oxygens (including phenoxy) is 1. The number of rotatable bonds is 6. The number of halogens is 1. The molecule has 0 aliphatic carbocycles. The van der Waals surface area contributed by atoms with Crippen molar-refractivity contribution in [3.05, 3.63) is 82.0 Å². The number of hydrogen-bond acceptors (Lipinski definition) is 5. The zero-order chi connectivity index (χ0) is 21.3. The Bertz CT molecular complexity index is 1310. The number of H-pyrrole nitrogens is 1. The van der Waals surface area contributed by atoms with Crippen molar-refractivity contribution in [3.8, 4) is 17.3 Å². The molecule has 0 saturated carbocycles. The zero-order valence-electron chi connectivity index (χ0n) is 16.1. The lowest BCUT2D eigenvalue weighted by Crippen LogP contribution is -2.12. The molecule has 0 amide bonds. The first kappa shape index (κ1) is 19.5. The lowest BCUT2D eigenvalue weighted by molar-refractivity contribution is 0.103. The Morgan fingerprint density at radius 2 is 2.03 bits per heavy atom. The van der Waals surface area contributed by atoms with E-state index < -0.39 is 11.6 Å². The van der Waals surface area contributed by atoms with E-state index in [1.54, 1.807) is 48.2 Å². The van der Waals surface area contributed by atoms with Gasteiger partial charge in [-0.1, -0.05) is 12.1 Å². The summed E-state index contributed by atoms with van der Waals surface area (Å²) in [4.78, 5) is 32.6. The molecule has 2 aromatic carbocycles. The van der Waals surface area contributed by atoms with Gasteiger partial charge in [0.15, 0.2) is 11.6 Å². The Morgan fingerprint density at radius 1 is 1.23 bits per heavy atom. The average molecular weight is 407 g/mol. The number of hydrogen-bond donors (Lipinski definition) is 2. The van der Waals surface area contributed by atoms with E-state index in [0.717, 1.165) is 18.2 Å². The first-order valence-corrected chi connectivity index (χ1v) is 9.19.